The Hall–Kier alpha value is -3.42. The molecular weight excluding hydrogens is 358 g/mol. The van der Waals surface area contributed by atoms with Crippen LogP contribution in [0.15, 0.2) is 53.1 Å². The Morgan fingerprint density at radius 2 is 1.89 bits per heavy atom. The summed E-state index contributed by atoms with van der Waals surface area (Å²) in [7, 11) is 1.54. The summed E-state index contributed by atoms with van der Waals surface area (Å²) in [6, 6.07) is 11.8. The van der Waals surface area contributed by atoms with Crippen LogP contribution >= 0.6 is 0 Å². The molecule has 0 unspecified atom stereocenters. The van der Waals surface area contributed by atoms with Gasteiger partial charge in [0.2, 0.25) is 0 Å². The van der Waals surface area contributed by atoms with E-state index >= 15 is 0 Å². The second kappa shape index (κ2) is 8.31. The summed E-state index contributed by atoms with van der Waals surface area (Å²) in [6.45, 7) is 0.449. The van der Waals surface area contributed by atoms with Crippen LogP contribution in [0, 0.1) is 11.6 Å². The maximum absolute atomic E-state index is 13.3. The predicted molar refractivity (Wildman–Crippen MR) is 92.7 cm³/mol. The number of nitrogens with one attached hydrogen (secondary N) is 1. The van der Waals surface area contributed by atoms with E-state index in [9.17, 15) is 13.6 Å². The molecule has 0 saturated heterocycles. The van der Waals surface area contributed by atoms with E-state index in [4.69, 9.17) is 14.0 Å². The van der Waals surface area contributed by atoms with E-state index in [1.807, 2.05) is 12.1 Å². The molecule has 0 aliphatic heterocycles. The first-order valence-corrected chi connectivity index (χ1v) is 8.04. The summed E-state index contributed by atoms with van der Waals surface area (Å²) in [5.41, 5.74) is 0.298. The second-order valence-electron chi connectivity index (χ2n) is 5.46. The Morgan fingerprint density at radius 1 is 1.11 bits per heavy atom. The fourth-order valence-corrected chi connectivity index (χ4v) is 2.32. The molecule has 0 spiro atoms. The van der Waals surface area contributed by atoms with E-state index < -0.39 is 17.5 Å². The number of aromatic nitrogens is 1. The number of hydrogen-bond donors (Lipinski definition) is 1. The summed E-state index contributed by atoms with van der Waals surface area (Å²) < 4.78 is 42.0. The minimum Gasteiger partial charge on any atom is -0.493 e. The third kappa shape index (κ3) is 4.41. The monoisotopic (exact) mass is 374 g/mol. The van der Waals surface area contributed by atoms with E-state index in [0.29, 0.717) is 11.5 Å². The summed E-state index contributed by atoms with van der Waals surface area (Å²) in [5, 5.41) is 6.28. The van der Waals surface area contributed by atoms with Gasteiger partial charge in [0, 0.05) is 11.6 Å². The zero-order valence-corrected chi connectivity index (χ0v) is 14.4. The number of para-hydroxylation sites is 2. The molecule has 27 heavy (non-hydrogen) atoms. The van der Waals surface area contributed by atoms with Crippen molar-refractivity contribution in [1.29, 1.82) is 0 Å². The van der Waals surface area contributed by atoms with Gasteiger partial charge < -0.3 is 19.3 Å². The van der Waals surface area contributed by atoms with Crippen molar-refractivity contribution in [3.63, 3.8) is 0 Å². The molecule has 0 atom stereocenters. The normalized spacial score (nSPS) is 10.5. The lowest BCUT2D eigenvalue weighted by molar-refractivity contribution is 0.0938. The number of halogens is 2. The number of carbonyl (C=O) groups is 1. The van der Waals surface area contributed by atoms with Gasteiger partial charge >= 0.3 is 0 Å². The minimum atomic E-state index is -1.01. The van der Waals surface area contributed by atoms with Gasteiger partial charge in [0.05, 0.1) is 13.7 Å². The lowest BCUT2D eigenvalue weighted by atomic mass is 10.1. The molecular formula is C19H16F2N2O4. The molecule has 3 rings (SSSR count). The SMILES string of the molecule is COc1ccccc1OCCNC(=O)c1cc(-c2ccc(F)c(F)c2)on1. The topological polar surface area (TPSA) is 73.6 Å². The largest absolute Gasteiger partial charge is 0.493 e. The number of carbonyl (C=O) groups excluding carboxylic acids is 1. The molecule has 0 bridgehead atoms. The first-order chi connectivity index (χ1) is 13.1. The number of ether oxygens (including phenoxy) is 2. The van der Waals surface area contributed by atoms with Crippen LogP contribution in [0.25, 0.3) is 11.3 Å². The van der Waals surface area contributed by atoms with Gasteiger partial charge in [-0.05, 0) is 30.3 Å². The van der Waals surface area contributed by atoms with Gasteiger partial charge in [-0.2, -0.15) is 0 Å². The van der Waals surface area contributed by atoms with Gasteiger partial charge in [0.25, 0.3) is 5.91 Å². The van der Waals surface area contributed by atoms with Crippen molar-refractivity contribution in [2.45, 2.75) is 0 Å². The van der Waals surface area contributed by atoms with Crippen molar-refractivity contribution in [2.75, 3.05) is 20.3 Å². The van der Waals surface area contributed by atoms with E-state index in [-0.39, 0.29) is 30.2 Å². The third-order valence-electron chi connectivity index (χ3n) is 3.66. The standard InChI is InChI=1S/C19H16F2N2O4/c1-25-16-4-2-3-5-17(16)26-9-8-22-19(24)15-11-18(27-23-15)12-6-7-13(20)14(21)10-12/h2-7,10-11H,8-9H2,1H3,(H,22,24). The van der Waals surface area contributed by atoms with Crippen LogP contribution in [0.1, 0.15) is 10.5 Å². The molecule has 6 nitrogen and oxygen atoms in total. The molecule has 0 radical (unpaired) electrons. The number of hydrogen-bond acceptors (Lipinski definition) is 5. The van der Waals surface area contributed by atoms with E-state index in [0.717, 1.165) is 12.1 Å². The summed E-state index contributed by atoms with van der Waals surface area (Å²) >= 11 is 0. The van der Waals surface area contributed by atoms with Crippen molar-refractivity contribution < 1.29 is 27.6 Å². The summed E-state index contributed by atoms with van der Waals surface area (Å²) in [5.74, 6) is -1.14. The Labute approximate surface area is 153 Å². The zero-order chi connectivity index (χ0) is 19.2. The molecule has 1 N–H and O–H groups in total. The fourth-order valence-electron chi connectivity index (χ4n) is 2.32. The Morgan fingerprint density at radius 3 is 2.63 bits per heavy atom. The van der Waals surface area contributed by atoms with Crippen molar-refractivity contribution in [2.24, 2.45) is 0 Å². The predicted octanol–water partition coefficient (Wildman–Crippen LogP) is 3.44. The smallest absolute Gasteiger partial charge is 0.273 e. The molecule has 2 aromatic carbocycles. The maximum atomic E-state index is 13.3. The molecule has 3 aromatic rings. The van der Waals surface area contributed by atoms with Crippen molar-refractivity contribution in [3.05, 3.63) is 65.9 Å². The van der Waals surface area contributed by atoms with Gasteiger partial charge in [-0.1, -0.05) is 17.3 Å². The van der Waals surface area contributed by atoms with Crippen LogP contribution in [-0.4, -0.2) is 31.3 Å². The molecule has 1 heterocycles. The first-order valence-electron chi connectivity index (χ1n) is 8.04. The van der Waals surface area contributed by atoms with Crippen LogP contribution in [0.2, 0.25) is 0 Å². The highest BCUT2D eigenvalue weighted by atomic mass is 19.2. The first kappa shape index (κ1) is 18.4. The quantitative estimate of drug-likeness (QED) is 0.642. The summed E-state index contributed by atoms with van der Waals surface area (Å²) in [6.07, 6.45) is 0. The van der Waals surface area contributed by atoms with Crippen molar-refractivity contribution in [1.82, 2.24) is 10.5 Å². The van der Waals surface area contributed by atoms with Gasteiger partial charge in [-0.25, -0.2) is 8.78 Å². The number of nitrogens with zero attached hydrogens (tertiary/aromatic N) is 1. The molecule has 0 saturated carbocycles. The lowest BCUT2D eigenvalue weighted by Gasteiger charge is -2.10. The molecule has 140 valence electrons. The summed E-state index contributed by atoms with van der Waals surface area (Å²) in [4.78, 5) is 12.1. The molecule has 1 aromatic heterocycles. The lowest BCUT2D eigenvalue weighted by Crippen LogP contribution is -2.28. The van der Waals surface area contributed by atoms with E-state index in [1.165, 1.54) is 12.1 Å². The van der Waals surface area contributed by atoms with E-state index in [1.54, 1.807) is 19.2 Å². The Balaban J connectivity index is 1.54. The average Bonchev–Trinajstić information content (AvgIpc) is 3.18. The number of benzene rings is 2. The molecule has 8 heteroatoms. The van der Waals surface area contributed by atoms with Crippen molar-refractivity contribution in [3.8, 4) is 22.8 Å². The van der Waals surface area contributed by atoms with Crippen LogP contribution in [0.5, 0.6) is 11.5 Å². The van der Waals surface area contributed by atoms with Gasteiger partial charge in [-0.15, -0.1) is 0 Å². The molecule has 0 aliphatic rings. The minimum absolute atomic E-state index is 0.0204. The van der Waals surface area contributed by atoms with Gasteiger partial charge in [0.1, 0.15) is 6.61 Å². The molecule has 1 amide bonds. The van der Waals surface area contributed by atoms with Crippen LogP contribution in [0.3, 0.4) is 0 Å². The Bertz CT molecular complexity index is 943. The zero-order valence-electron chi connectivity index (χ0n) is 14.4. The van der Waals surface area contributed by atoms with Crippen LogP contribution < -0.4 is 14.8 Å². The average molecular weight is 374 g/mol. The highest BCUT2D eigenvalue weighted by molar-refractivity contribution is 5.93. The highest BCUT2D eigenvalue weighted by Crippen LogP contribution is 2.25. The molecule has 0 fully saturated rings. The fraction of sp³-hybridized carbons (Fsp3) is 0.158. The maximum Gasteiger partial charge on any atom is 0.273 e. The number of rotatable bonds is 7. The van der Waals surface area contributed by atoms with Crippen molar-refractivity contribution >= 4 is 5.91 Å². The van der Waals surface area contributed by atoms with Gasteiger partial charge in [0.15, 0.2) is 34.6 Å². The van der Waals surface area contributed by atoms with Crippen LogP contribution in [0.4, 0.5) is 8.78 Å². The second-order valence-corrected chi connectivity index (χ2v) is 5.46. The highest BCUT2D eigenvalue weighted by Gasteiger charge is 2.15. The molecule has 0 aliphatic carbocycles. The van der Waals surface area contributed by atoms with Crippen LogP contribution in [-0.2, 0) is 0 Å². The Kier molecular flexibility index (Phi) is 5.65. The third-order valence-corrected chi connectivity index (χ3v) is 3.66. The number of amides is 1. The number of methoxy groups -OCH3 is 1. The van der Waals surface area contributed by atoms with Gasteiger partial charge in [-0.3, -0.25) is 4.79 Å². The van der Waals surface area contributed by atoms with E-state index in [2.05, 4.69) is 10.5 Å².